The van der Waals surface area contributed by atoms with Gasteiger partial charge in [0.2, 0.25) is 0 Å². The molecule has 0 saturated carbocycles. The fourth-order valence-corrected chi connectivity index (χ4v) is 3.79. The Bertz CT molecular complexity index is 403. The second-order valence-electron chi connectivity index (χ2n) is 7.25. The number of halogens is 1. The summed E-state index contributed by atoms with van der Waals surface area (Å²) in [5.74, 6) is 0.0976. The molecular formula is C22H46FNO3S. The fraction of sp³-hybridized carbons (Fsp3) is 0.909. The molecule has 0 bridgehead atoms. The number of hydrogen-bond donors (Lipinski definition) is 1. The molecule has 0 spiro atoms. The average Bonchev–Trinajstić information content (AvgIpc) is 2.69. The normalized spacial score (nSPS) is 11.1. The van der Waals surface area contributed by atoms with Gasteiger partial charge in [0.15, 0.2) is 0 Å². The highest BCUT2D eigenvalue weighted by Gasteiger charge is 2.10. The Hall–Kier alpha value is -0.460. The van der Waals surface area contributed by atoms with Crippen molar-refractivity contribution in [3.05, 3.63) is 12.7 Å². The first-order chi connectivity index (χ1) is 13.5. The number of rotatable bonds is 20. The molecule has 0 rings (SSSR count). The summed E-state index contributed by atoms with van der Waals surface area (Å²) < 4.78 is 40.3. The molecular weight excluding hydrogens is 377 g/mol. The largest absolute Gasteiger partial charge is 0.327 e. The first-order valence-corrected chi connectivity index (χ1v) is 12.9. The molecule has 0 aromatic carbocycles. The molecule has 0 fully saturated rings. The predicted octanol–water partition coefficient (Wildman–Crippen LogP) is 6.30. The number of hydrogen-bond acceptors (Lipinski definition) is 4. The monoisotopic (exact) mass is 423 g/mol. The van der Waals surface area contributed by atoms with Gasteiger partial charge in [-0.05, 0) is 19.3 Å². The summed E-state index contributed by atoms with van der Waals surface area (Å²) >= 11 is 0. The van der Waals surface area contributed by atoms with E-state index in [-0.39, 0.29) is 12.4 Å². The molecule has 0 radical (unpaired) electrons. The third-order valence-corrected chi connectivity index (χ3v) is 5.77. The van der Waals surface area contributed by atoms with E-state index >= 15 is 0 Å². The van der Waals surface area contributed by atoms with Crippen molar-refractivity contribution in [1.82, 2.24) is 0 Å². The number of unbranched alkanes of at least 4 members (excludes halogenated alkanes) is 13. The smallest absolute Gasteiger partial charge is 0.267 e. The van der Waals surface area contributed by atoms with Crippen molar-refractivity contribution in [2.45, 2.75) is 103 Å². The van der Waals surface area contributed by atoms with Crippen molar-refractivity contribution in [2.24, 2.45) is 5.73 Å². The molecule has 170 valence electrons. The van der Waals surface area contributed by atoms with Gasteiger partial charge in [-0.1, -0.05) is 90.0 Å². The van der Waals surface area contributed by atoms with Crippen LogP contribution in [0.4, 0.5) is 4.39 Å². The van der Waals surface area contributed by atoms with Crippen LogP contribution in [0.15, 0.2) is 12.7 Å². The van der Waals surface area contributed by atoms with Crippen LogP contribution in [-0.2, 0) is 14.3 Å². The van der Waals surface area contributed by atoms with E-state index in [9.17, 15) is 12.8 Å². The lowest BCUT2D eigenvalue weighted by Gasteiger charge is -2.06. The van der Waals surface area contributed by atoms with Crippen molar-refractivity contribution < 1.29 is 17.0 Å². The molecule has 0 aliphatic rings. The summed E-state index contributed by atoms with van der Waals surface area (Å²) in [4.78, 5) is 0. The predicted molar refractivity (Wildman–Crippen MR) is 120 cm³/mol. The highest BCUT2D eigenvalue weighted by atomic mass is 32.2. The van der Waals surface area contributed by atoms with E-state index in [1.165, 1.54) is 51.4 Å². The SMILES string of the molecule is C=CCN.CCCCCCCCCCCCOS(=O)(=O)CCCCCCCF. The molecule has 0 unspecified atom stereocenters. The minimum absolute atomic E-state index is 0.0976. The van der Waals surface area contributed by atoms with E-state index in [1.807, 2.05) is 0 Å². The van der Waals surface area contributed by atoms with Crippen molar-refractivity contribution in [3.63, 3.8) is 0 Å². The van der Waals surface area contributed by atoms with E-state index in [0.717, 1.165) is 32.1 Å². The van der Waals surface area contributed by atoms with Crippen LogP contribution >= 0.6 is 0 Å². The van der Waals surface area contributed by atoms with Crippen molar-refractivity contribution in [3.8, 4) is 0 Å². The zero-order chi connectivity index (χ0) is 21.3. The zero-order valence-corrected chi connectivity index (χ0v) is 19.1. The van der Waals surface area contributed by atoms with Gasteiger partial charge in [-0.15, -0.1) is 6.58 Å². The number of alkyl halides is 1. The Balaban J connectivity index is 0. The third kappa shape index (κ3) is 27.8. The third-order valence-electron chi connectivity index (χ3n) is 4.46. The first kappa shape index (κ1) is 29.7. The Labute approximate surface area is 174 Å². The van der Waals surface area contributed by atoms with Gasteiger partial charge >= 0.3 is 0 Å². The Morgan fingerprint density at radius 2 is 1.25 bits per heavy atom. The van der Waals surface area contributed by atoms with E-state index in [0.29, 0.717) is 26.0 Å². The molecule has 2 N–H and O–H groups in total. The van der Waals surface area contributed by atoms with Gasteiger partial charge in [0.1, 0.15) is 0 Å². The lowest BCUT2D eigenvalue weighted by Crippen LogP contribution is -2.11. The zero-order valence-electron chi connectivity index (χ0n) is 18.3. The van der Waals surface area contributed by atoms with Crippen LogP contribution in [0, 0.1) is 0 Å². The Kier molecular flexibility index (Phi) is 26.1. The first-order valence-electron chi connectivity index (χ1n) is 11.3. The van der Waals surface area contributed by atoms with E-state index in [2.05, 4.69) is 13.5 Å². The maximum Gasteiger partial charge on any atom is 0.267 e. The van der Waals surface area contributed by atoms with Gasteiger partial charge in [-0.3, -0.25) is 8.57 Å². The van der Waals surface area contributed by atoms with Gasteiger partial charge in [-0.25, -0.2) is 0 Å². The van der Waals surface area contributed by atoms with Crippen LogP contribution in [0.3, 0.4) is 0 Å². The summed E-state index contributed by atoms with van der Waals surface area (Å²) in [6.07, 6.45) is 17.7. The molecule has 28 heavy (non-hydrogen) atoms. The van der Waals surface area contributed by atoms with Crippen molar-refractivity contribution >= 4 is 10.1 Å². The lowest BCUT2D eigenvalue weighted by molar-refractivity contribution is 0.305. The van der Waals surface area contributed by atoms with Crippen LogP contribution in [0.1, 0.15) is 103 Å². The molecule has 4 nitrogen and oxygen atoms in total. The van der Waals surface area contributed by atoms with Gasteiger partial charge in [0.05, 0.1) is 19.0 Å². The van der Waals surface area contributed by atoms with Crippen LogP contribution in [0.25, 0.3) is 0 Å². The van der Waals surface area contributed by atoms with Crippen molar-refractivity contribution in [2.75, 3.05) is 25.6 Å². The molecule has 6 heteroatoms. The molecule has 0 aliphatic heterocycles. The molecule has 0 amide bonds. The lowest BCUT2D eigenvalue weighted by atomic mass is 10.1. The highest BCUT2D eigenvalue weighted by Crippen LogP contribution is 2.11. The molecule has 0 heterocycles. The molecule has 0 saturated heterocycles. The van der Waals surface area contributed by atoms with Crippen molar-refractivity contribution in [1.29, 1.82) is 0 Å². The summed E-state index contributed by atoms with van der Waals surface area (Å²) in [6.45, 7) is 6.21. The molecule has 0 aromatic rings. The van der Waals surface area contributed by atoms with Gasteiger partial charge < -0.3 is 5.73 Å². The number of nitrogens with two attached hydrogens (primary N) is 1. The van der Waals surface area contributed by atoms with Gasteiger partial charge in [0.25, 0.3) is 10.1 Å². The quantitative estimate of drug-likeness (QED) is 0.142. The summed E-state index contributed by atoms with van der Waals surface area (Å²) in [5, 5.41) is 0. The summed E-state index contributed by atoms with van der Waals surface area (Å²) in [6, 6.07) is 0. The van der Waals surface area contributed by atoms with E-state index in [1.54, 1.807) is 6.08 Å². The highest BCUT2D eigenvalue weighted by molar-refractivity contribution is 7.86. The topological polar surface area (TPSA) is 69.4 Å². The van der Waals surface area contributed by atoms with E-state index < -0.39 is 10.1 Å². The fourth-order valence-electron chi connectivity index (χ4n) is 2.74. The minimum atomic E-state index is -3.36. The van der Waals surface area contributed by atoms with Crippen LogP contribution in [0.5, 0.6) is 0 Å². The minimum Gasteiger partial charge on any atom is -0.327 e. The molecule has 0 aromatic heterocycles. The Morgan fingerprint density at radius 3 is 1.71 bits per heavy atom. The Morgan fingerprint density at radius 1 is 0.821 bits per heavy atom. The van der Waals surface area contributed by atoms with Crippen LogP contribution < -0.4 is 5.73 Å². The van der Waals surface area contributed by atoms with Gasteiger partial charge in [0, 0.05) is 6.54 Å². The summed E-state index contributed by atoms with van der Waals surface area (Å²) in [5.41, 5.74) is 4.91. The second-order valence-corrected chi connectivity index (χ2v) is 9.01. The van der Waals surface area contributed by atoms with Crippen LogP contribution in [-0.4, -0.2) is 34.0 Å². The van der Waals surface area contributed by atoms with E-state index in [4.69, 9.17) is 9.92 Å². The average molecular weight is 424 g/mol. The second kappa shape index (κ2) is 24.6. The maximum absolute atomic E-state index is 11.9. The standard InChI is InChI=1S/C19H39FO3S.C3H7N/c1-2-3-4-5-6-7-8-9-12-15-18-23-24(21,22)19-16-13-10-11-14-17-20;1-2-3-4/h2-19H2,1H3;2H,1,3-4H2. The van der Waals surface area contributed by atoms with Gasteiger partial charge in [-0.2, -0.15) is 8.42 Å². The van der Waals surface area contributed by atoms with Crippen LogP contribution in [0.2, 0.25) is 0 Å². The maximum atomic E-state index is 11.9. The molecule has 0 aliphatic carbocycles. The molecule has 0 atom stereocenters. The summed E-state index contributed by atoms with van der Waals surface area (Å²) in [7, 11) is -3.36.